The van der Waals surface area contributed by atoms with Gasteiger partial charge in [0, 0.05) is 38.0 Å². The second kappa shape index (κ2) is 13.7. The fourth-order valence-corrected chi connectivity index (χ4v) is 3.63. The van der Waals surface area contributed by atoms with E-state index in [0.29, 0.717) is 66.7 Å². The lowest BCUT2D eigenvalue weighted by atomic mass is 10.0. The van der Waals surface area contributed by atoms with E-state index in [4.69, 9.17) is 21.1 Å². The predicted octanol–water partition coefficient (Wildman–Crippen LogP) is 2.26. The maximum absolute atomic E-state index is 12.7. The number of rotatable bonds is 13. The second-order valence-corrected chi connectivity index (χ2v) is 8.40. The van der Waals surface area contributed by atoms with Gasteiger partial charge in [0.25, 0.3) is 5.91 Å². The number of hydrazone groups is 1. The van der Waals surface area contributed by atoms with E-state index in [0.717, 1.165) is 0 Å². The molecule has 2 atom stereocenters. The molecule has 2 aromatic carbocycles. The standard InChI is InChI=1S/C25H31ClN4O5/c1-2-22(35-24-19(9-6-10-20(24)26)21-11-12-23(32)30-29-21)25(33)28-14-13-27-15-17(31)16-34-18-7-4-3-5-8-18/h3-10,17,22,27,31H,2,11-16H2,1H3,(H,28,33)(H,30,32). The first-order chi connectivity index (χ1) is 17.0. The van der Waals surface area contributed by atoms with Crippen molar-refractivity contribution in [2.45, 2.75) is 38.4 Å². The van der Waals surface area contributed by atoms with Gasteiger partial charge in [0.15, 0.2) is 6.10 Å². The molecule has 2 unspecified atom stereocenters. The molecular weight excluding hydrogens is 472 g/mol. The number of nitrogens with one attached hydrogen (secondary N) is 3. The molecule has 10 heteroatoms. The van der Waals surface area contributed by atoms with Gasteiger partial charge in [-0.15, -0.1) is 0 Å². The smallest absolute Gasteiger partial charge is 0.261 e. The first-order valence-corrected chi connectivity index (χ1v) is 12.0. The maximum atomic E-state index is 12.7. The third kappa shape index (κ3) is 8.24. The van der Waals surface area contributed by atoms with Crippen LogP contribution in [0, 0.1) is 0 Å². The number of ether oxygens (including phenoxy) is 2. The molecule has 9 nitrogen and oxygen atoms in total. The highest BCUT2D eigenvalue weighted by molar-refractivity contribution is 6.32. The molecule has 1 heterocycles. The summed E-state index contributed by atoms with van der Waals surface area (Å²) in [5, 5.41) is 20.5. The minimum absolute atomic E-state index is 0.145. The first kappa shape index (κ1) is 26.5. The van der Waals surface area contributed by atoms with Crippen LogP contribution in [0.4, 0.5) is 0 Å². The molecule has 0 saturated carbocycles. The van der Waals surface area contributed by atoms with E-state index in [-0.39, 0.29) is 18.4 Å². The van der Waals surface area contributed by atoms with Gasteiger partial charge >= 0.3 is 0 Å². The number of carbonyl (C=O) groups is 2. The maximum Gasteiger partial charge on any atom is 0.261 e. The molecule has 0 aliphatic carbocycles. The van der Waals surface area contributed by atoms with Crippen molar-refractivity contribution in [3.63, 3.8) is 0 Å². The van der Waals surface area contributed by atoms with Crippen LogP contribution in [0.5, 0.6) is 11.5 Å². The molecule has 3 rings (SSSR count). The van der Waals surface area contributed by atoms with Crippen LogP contribution in [0.15, 0.2) is 53.6 Å². The molecule has 0 saturated heterocycles. The number of carbonyl (C=O) groups excluding carboxylic acids is 2. The Kier molecular flexibility index (Phi) is 10.3. The van der Waals surface area contributed by atoms with E-state index in [1.54, 1.807) is 18.2 Å². The molecule has 35 heavy (non-hydrogen) atoms. The lowest BCUT2D eigenvalue weighted by molar-refractivity contribution is -0.128. The molecule has 0 radical (unpaired) electrons. The van der Waals surface area contributed by atoms with Crippen molar-refractivity contribution in [2.24, 2.45) is 5.10 Å². The van der Waals surface area contributed by atoms with E-state index in [9.17, 15) is 14.7 Å². The summed E-state index contributed by atoms with van der Waals surface area (Å²) in [7, 11) is 0. The summed E-state index contributed by atoms with van der Waals surface area (Å²) in [4.78, 5) is 24.1. The van der Waals surface area contributed by atoms with Crippen LogP contribution in [0.25, 0.3) is 0 Å². The topological polar surface area (TPSA) is 121 Å². The lowest BCUT2D eigenvalue weighted by Gasteiger charge is -2.22. The van der Waals surface area contributed by atoms with Crippen LogP contribution in [-0.2, 0) is 9.59 Å². The van der Waals surface area contributed by atoms with Crippen molar-refractivity contribution in [1.82, 2.24) is 16.1 Å². The highest BCUT2D eigenvalue weighted by Crippen LogP contribution is 2.32. The van der Waals surface area contributed by atoms with Gasteiger partial charge in [0.05, 0.1) is 10.7 Å². The first-order valence-electron chi connectivity index (χ1n) is 11.6. The number of hydrogen-bond donors (Lipinski definition) is 4. The van der Waals surface area contributed by atoms with E-state index >= 15 is 0 Å². The largest absolute Gasteiger partial charge is 0.491 e. The number of amides is 2. The average molecular weight is 503 g/mol. The van der Waals surface area contributed by atoms with Crippen molar-refractivity contribution in [3.05, 3.63) is 59.1 Å². The minimum atomic E-state index is -0.753. The van der Waals surface area contributed by atoms with Gasteiger partial charge in [0.2, 0.25) is 5.91 Å². The second-order valence-electron chi connectivity index (χ2n) is 8.00. The third-order valence-corrected chi connectivity index (χ3v) is 5.57. The van der Waals surface area contributed by atoms with Crippen LogP contribution < -0.4 is 25.5 Å². The molecule has 1 aliphatic rings. The number of benzene rings is 2. The van der Waals surface area contributed by atoms with Gasteiger partial charge in [-0.05, 0) is 30.7 Å². The quantitative estimate of drug-likeness (QED) is 0.312. The molecule has 2 aromatic rings. The summed E-state index contributed by atoms with van der Waals surface area (Å²) < 4.78 is 11.5. The highest BCUT2D eigenvalue weighted by atomic mass is 35.5. The Balaban J connectivity index is 1.44. The monoisotopic (exact) mass is 502 g/mol. The van der Waals surface area contributed by atoms with E-state index in [2.05, 4.69) is 21.2 Å². The summed E-state index contributed by atoms with van der Waals surface area (Å²) in [5.41, 5.74) is 3.77. The molecule has 0 bridgehead atoms. The summed E-state index contributed by atoms with van der Waals surface area (Å²) in [5.74, 6) is 0.651. The zero-order valence-corrected chi connectivity index (χ0v) is 20.4. The van der Waals surface area contributed by atoms with Crippen LogP contribution in [0.2, 0.25) is 5.02 Å². The van der Waals surface area contributed by atoms with Gasteiger partial charge in [-0.1, -0.05) is 42.8 Å². The van der Waals surface area contributed by atoms with Crippen molar-refractivity contribution in [3.8, 4) is 11.5 Å². The average Bonchev–Trinajstić information content (AvgIpc) is 2.87. The molecular formula is C25H31ClN4O5. The SMILES string of the molecule is CCC(Oc1c(Cl)cccc1C1=NNC(=O)CC1)C(=O)NCCNCC(O)COc1ccccc1. The number of nitrogens with zero attached hydrogens (tertiary/aromatic N) is 1. The molecule has 0 fully saturated rings. The van der Waals surface area contributed by atoms with Gasteiger partial charge in [0.1, 0.15) is 24.2 Å². The van der Waals surface area contributed by atoms with Crippen LogP contribution in [0.3, 0.4) is 0 Å². The van der Waals surface area contributed by atoms with Gasteiger partial charge < -0.3 is 25.2 Å². The molecule has 0 aromatic heterocycles. The zero-order valence-electron chi connectivity index (χ0n) is 19.6. The van der Waals surface area contributed by atoms with Crippen molar-refractivity contribution < 1.29 is 24.2 Å². The Morgan fingerprint density at radius 1 is 1.17 bits per heavy atom. The Labute approximate surface area is 209 Å². The van der Waals surface area contributed by atoms with Crippen molar-refractivity contribution >= 4 is 29.1 Å². The van der Waals surface area contributed by atoms with Gasteiger partial charge in [-0.2, -0.15) is 5.10 Å². The Morgan fingerprint density at radius 2 is 1.97 bits per heavy atom. The number of para-hydroxylation sites is 2. The fourth-order valence-electron chi connectivity index (χ4n) is 3.41. The zero-order chi connectivity index (χ0) is 25.0. The molecule has 0 spiro atoms. The Hall–Kier alpha value is -3.14. The summed E-state index contributed by atoms with van der Waals surface area (Å²) in [6, 6.07) is 14.5. The van der Waals surface area contributed by atoms with Gasteiger partial charge in [-0.3, -0.25) is 9.59 Å². The molecule has 1 aliphatic heterocycles. The summed E-state index contributed by atoms with van der Waals surface area (Å²) in [6.45, 7) is 3.18. The Bertz CT molecular complexity index is 1020. The van der Waals surface area contributed by atoms with Crippen molar-refractivity contribution in [1.29, 1.82) is 0 Å². The van der Waals surface area contributed by atoms with Crippen LogP contribution in [-0.4, -0.2) is 61.1 Å². The third-order valence-electron chi connectivity index (χ3n) is 5.27. The predicted molar refractivity (Wildman–Crippen MR) is 134 cm³/mol. The Morgan fingerprint density at radius 3 is 2.69 bits per heavy atom. The number of hydrogen-bond acceptors (Lipinski definition) is 7. The fraction of sp³-hybridized carbons (Fsp3) is 0.400. The summed E-state index contributed by atoms with van der Waals surface area (Å²) in [6.07, 6.45) is -0.217. The lowest BCUT2D eigenvalue weighted by Crippen LogP contribution is -2.42. The number of aliphatic hydroxyl groups is 1. The molecule has 4 N–H and O–H groups in total. The van der Waals surface area contributed by atoms with Gasteiger partial charge in [-0.25, -0.2) is 5.43 Å². The normalized spacial score (nSPS) is 14.9. The summed E-state index contributed by atoms with van der Waals surface area (Å²) >= 11 is 6.38. The van der Waals surface area contributed by atoms with E-state index in [1.165, 1.54) is 0 Å². The van der Waals surface area contributed by atoms with Crippen LogP contribution in [0.1, 0.15) is 31.7 Å². The van der Waals surface area contributed by atoms with E-state index < -0.39 is 12.2 Å². The minimum Gasteiger partial charge on any atom is -0.491 e. The molecule has 188 valence electrons. The van der Waals surface area contributed by atoms with Crippen LogP contribution >= 0.6 is 11.6 Å². The van der Waals surface area contributed by atoms with E-state index in [1.807, 2.05) is 37.3 Å². The number of halogens is 1. The molecule has 2 amide bonds. The van der Waals surface area contributed by atoms with Crippen molar-refractivity contribution in [2.75, 3.05) is 26.2 Å². The highest BCUT2D eigenvalue weighted by Gasteiger charge is 2.24. The number of aliphatic hydroxyl groups excluding tert-OH is 1.